The summed E-state index contributed by atoms with van der Waals surface area (Å²) in [6, 6.07) is 31.4. The van der Waals surface area contributed by atoms with Crippen LogP contribution in [0, 0.1) is 6.92 Å². The van der Waals surface area contributed by atoms with E-state index in [0.29, 0.717) is 12.4 Å². The molecule has 1 saturated carbocycles. The van der Waals surface area contributed by atoms with Gasteiger partial charge in [-0.2, -0.15) is 0 Å². The summed E-state index contributed by atoms with van der Waals surface area (Å²) in [5.41, 5.74) is 2.99. The fourth-order valence-corrected chi connectivity index (χ4v) is 7.51. The summed E-state index contributed by atoms with van der Waals surface area (Å²) in [6.07, 6.45) is 4.16. The van der Waals surface area contributed by atoms with Gasteiger partial charge >= 0.3 is 0 Å². The van der Waals surface area contributed by atoms with E-state index in [1.807, 2.05) is 68.4 Å². The number of hydrogen-bond donors (Lipinski definition) is 1. The second-order valence-electron chi connectivity index (χ2n) is 11.9. The van der Waals surface area contributed by atoms with Crippen molar-refractivity contribution in [3.05, 3.63) is 126 Å². The van der Waals surface area contributed by atoms with E-state index < -0.39 is 28.5 Å². The number of carbonyl (C=O) groups excluding carboxylic acids is 2. The van der Waals surface area contributed by atoms with Gasteiger partial charge < -0.3 is 15.0 Å². The highest BCUT2D eigenvalue weighted by atomic mass is 32.2. The molecule has 0 spiro atoms. The molecule has 1 aliphatic rings. The second-order valence-corrected chi connectivity index (χ2v) is 13.7. The summed E-state index contributed by atoms with van der Waals surface area (Å²) in [5.74, 6) is -0.399. The molecule has 0 saturated heterocycles. The number of sulfonamides is 1. The number of para-hydroxylation sites is 2. The Morgan fingerprint density at radius 1 is 0.851 bits per heavy atom. The first-order chi connectivity index (χ1) is 22.8. The smallest absolute Gasteiger partial charge is 0.264 e. The molecule has 1 N–H and O–H groups in total. The molecule has 2 amide bonds. The molecule has 0 unspecified atom stereocenters. The van der Waals surface area contributed by atoms with Crippen LogP contribution in [0.15, 0.2) is 114 Å². The SMILES string of the molecule is CCOc1ccccc1N(CC(=O)N(Cc1ccccc1C)[C@@H](Cc1ccccc1)C(=O)NC1CCCC1)S(=O)(=O)c1ccccc1. The van der Waals surface area contributed by atoms with Crippen molar-refractivity contribution in [2.75, 3.05) is 17.5 Å². The highest BCUT2D eigenvalue weighted by Crippen LogP contribution is 2.33. The minimum absolute atomic E-state index is 0.0456. The molecule has 47 heavy (non-hydrogen) atoms. The molecule has 4 aromatic rings. The van der Waals surface area contributed by atoms with Crippen molar-refractivity contribution in [2.45, 2.75) is 69.5 Å². The van der Waals surface area contributed by atoms with E-state index in [4.69, 9.17) is 4.74 Å². The van der Waals surface area contributed by atoms with Crippen LogP contribution in [0.3, 0.4) is 0 Å². The molecule has 0 radical (unpaired) electrons. The van der Waals surface area contributed by atoms with Crippen LogP contribution >= 0.6 is 0 Å². The number of amides is 2. The van der Waals surface area contributed by atoms with Crippen LogP contribution < -0.4 is 14.4 Å². The molecule has 1 atom stereocenters. The number of carbonyl (C=O) groups is 2. The van der Waals surface area contributed by atoms with Crippen LogP contribution in [0.2, 0.25) is 0 Å². The van der Waals surface area contributed by atoms with Gasteiger partial charge in [0.1, 0.15) is 18.3 Å². The molecule has 246 valence electrons. The van der Waals surface area contributed by atoms with E-state index in [1.165, 1.54) is 12.1 Å². The molecule has 1 aliphatic carbocycles. The molecule has 8 nitrogen and oxygen atoms in total. The number of benzene rings is 4. The Bertz CT molecular complexity index is 1740. The maximum Gasteiger partial charge on any atom is 0.264 e. The van der Waals surface area contributed by atoms with Gasteiger partial charge in [0, 0.05) is 19.0 Å². The highest BCUT2D eigenvalue weighted by molar-refractivity contribution is 7.92. The molecular weight excluding hydrogens is 611 g/mol. The first kappa shape index (κ1) is 33.7. The van der Waals surface area contributed by atoms with Gasteiger partial charge in [-0.05, 0) is 67.6 Å². The van der Waals surface area contributed by atoms with Gasteiger partial charge in [0.05, 0.1) is 17.2 Å². The minimum Gasteiger partial charge on any atom is -0.492 e. The van der Waals surface area contributed by atoms with Gasteiger partial charge in [0.25, 0.3) is 10.0 Å². The van der Waals surface area contributed by atoms with E-state index >= 15 is 0 Å². The van der Waals surface area contributed by atoms with Gasteiger partial charge in [-0.25, -0.2) is 8.42 Å². The zero-order valence-corrected chi connectivity index (χ0v) is 27.9. The average molecular weight is 654 g/mol. The fourth-order valence-electron chi connectivity index (χ4n) is 6.07. The number of anilines is 1. The Hall–Kier alpha value is -4.63. The molecular formula is C38H43N3O5S. The third-order valence-electron chi connectivity index (χ3n) is 8.62. The number of hydrogen-bond acceptors (Lipinski definition) is 5. The van der Waals surface area contributed by atoms with E-state index in [9.17, 15) is 18.0 Å². The number of ether oxygens (including phenoxy) is 1. The standard InChI is InChI=1S/C38H43N3O5S/c1-3-46-36-25-15-14-24-34(36)41(47(44,45)33-22-8-5-9-23-33)28-37(42)40(27-31-19-11-10-16-29(31)2)35(26-30-17-6-4-7-18-30)38(43)39-32-20-12-13-21-32/h4-11,14-19,22-25,32,35H,3,12-13,20-21,26-28H2,1-2H3,(H,39,43)/t35-/m0/s1. The second kappa shape index (κ2) is 15.8. The molecule has 0 bridgehead atoms. The zero-order chi connectivity index (χ0) is 33.2. The monoisotopic (exact) mass is 653 g/mol. The Kier molecular flexibility index (Phi) is 11.3. The topological polar surface area (TPSA) is 96.0 Å². The van der Waals surface area contributed by atoms with Crippen molar-refractivity contribution in [1.29, 1.82) is 0 Å². The normalized spacial score (nSPS) is 13.9. The molecule has 0 heterocycles. The van der Waals surface area contributed by atoms with Crippen molar-refractivity contribution < 1.29 is 22.7 Å². The Labute approximate surface area is 278 Å². The van der Waals surface area contributed by atoms with Crippen LogP contribution in [0.4, 0.5) is 5.69 Å². The lowest BCUT2D eigenvalue weighted by atomic mass is 10.0. The van der Waals surface area contributed by atoms with E-state index in [-0.39, 0.29) is 35.5 Å². The summed E-state index contributed by atoms with van der Waals surface area (Å²) >= 11 is 0. The molecule has 9 heteroatoms. The summed E-state index contributed by atoms with van der Waals surface area (Å²) in [5, 5.41) is 3.22. The third kappa shape index (κ3) is 8.40. The summed E-state index contributed by atoms with van der Waals surface area (Å²) in [7, 11) is -4.22. The highest BCUT2D eigenvalue weighted by Gasteiger charge is 2.36. The van der Waals surface area contributed by atoms with E-state index in [0.717, 1.165) is 46.7 Å². The van der Waals surface area contributed by atoms with Crippen molar-refractivity contribution in [2.24, 2.45) is 0 Å². The summed E-state index contributed by atoms with van der Waals surface area (Å²) < 4.78 is 35.6. The van der Waals surface area contributed by atoms with E-state index in [2.05, 4.69) is 5.32 Å². The quantitative estimate of drug-likeness (QED) is 0.173. The summed E-state index contributed by atoms with van der Waals surface area (Å²) in [6.45, 7) is 3.69. The third-order valence-corrected chi connectivity index (χ3v) is 10.4. The molecule has 0 aromatic heterocycles. The maximum atomic E-state index is 14.8. The lowest BCUT2D eigenvalue weighted by molar-refractivity contribution is -0.140. The van der Waals surface area contributed by atoms with Crippen molar-refractivity contribution >= 4 is 27.5 Å². The van der Waals surface area contributed by atoms with Crippen molar-refractivity contribution in [1.82, 2.24) is 10.2 Å². The van der Waals surface area contributed by atoms with Gasteiger partial charge in [-0.1, -0.05) is 97.8 Å². The number of rotatable bonds is 14. The van der Waals surface area contributed by atoms with Crippen LogP contribution in [-0.2, 0) is 32.6 Å². The van der Waals surface area contributed by atoms with Crippen LogP contribution in [0.25, 0.3) is 0 Å². The predicted octanol–water partition coefficient (Wildman–Crippen LogP) is 6.29. The molecule has 5 rings (SSSR count). The molecule has 4 aromatic carbocycles. The first-order valence-electron chi connectivity index (χ1n) is 16.3. The number of nitrogens with zero attached hydrogens (tertiary/aromatic N) is 2. The number of aryl methyl sites for hydroxylation is 1. The number of nitrogens with one attached hydrogen (secondary N) is 1. The van der Waals surface area contributed by atoms with Gasteiger partial charge in [-0.15, -0.1) is 0 Å². The minimum atomic E-state index is -4.22. The largest absolute Gasteiger partial charge is 0.492 e. The van der Waals surface area contributed by atoms with Gasteiger partial charge in [0.15, 0.2) is 0 Å². The van der Waals surface area contributed by atoms with Crippen LogP contribution in [0.5, 0.6) is 5.75 Å². The molecule has 0 aliphatic heterocycles. The summed E-state index contributed by atoms with van der Waals surface area (Å²) in [4.78, 5) is 30.5. The van der Waals surface area contributed by atoms with Gasteiger partial charge in [-0.3, -0.25) is 13.9 Å². The maximum absolute atomic E-state index is 14.8. The first-order valence-corrected chi connectivity index (χ1v) is 17.7. The van der Waals surface area contributed by atoms with E-state index in [1.54, 1.807) is 47.4 Å². The Morgan fingerprint density at radius 3 is 2.15 bits per heavy atom. The van der Waals surface area contributed by atoms with Crippen LogP contribution in [0.1, 0.15) is 49.3 Å². The lowest BCUT2D eigenvalue weighted by Gasteiger charge is -2.35. The van der Waals surface area contributed by atoms with Gasteiger partial charge in [0.2, 0.25) is 11.8 Å². The Balaban J connectivity index is 1.59. The fraction of sp³-hybridized carbons (Fsp3) is 0.316. The van der Waals surface area contributed by atoms with Crippen molar-refractivity contribution in [3.8, 4) is 5.75 Å². The van der Waals surface area contributed by atoms with Crippen LogP contribution in [-0.4, -0.2) is 50.4 Å². The Morgan fingerprint density at radius 2 is 1.47 bits per heavy atom. The average Bonchev–Trinajstić information content (AvgIpc) is 3.60. The van der Waals surface area contributed by atoms with Crippen molar-refractivity contribution in [3.63, 3.8) is 0 Å². The predicted molar refractivity (Wildman–Crippen MR) is 185 cm³/mol. The zero-order valence-electron chi connectivity index (χ0n) is 27.0. The molecule has 1 fully saturated rings. The lowest BCUT2D eigenvalue weighted by Crippen LogP contribution is -2.54.